The topological polar surface area (TPSA) is 147 Å². The molecule has 0 atom stereocenters. The van der Waals surface area contributed by atoms with Gasteiger partial charge in [0.05, 0.1) is 41.1 Å². The molecule has 4 heterocycles. The third-order valence-corrected chi connectivity index (χ3v) is 6.90. The lowest BCUT2D eigenvalue weighted by Crippen LogP contribution is -2.13. The Hall–Kier alpha value is -4.47. The minimum Gasteiger partial charge on any atom is -0.472 e. The number of hydrogen-bond donors (Lipinski definition) is 2. The van der Waals surface area contributed by atoms with E-state index >= 15 is 0 Å². The third-order valence-electron chi connectivity index (χ3n) is 4.75. The number of hydrogen-bond acceptors (Lipinski definition) is 9. The summed E-state index contributed by atoms with van der Waals surface area (Å²) in [6, 6.07) is 9.61. The quantitative estimate of drug-likeness (QED) is 0.335. The van der Waals surface area contributed by atoms with Crippen LogP contribution in [-0.4, -0.2) is 28.6 Å². The summed E-state index contributed by atoms with van der Waals surface area (Å²) >= 11 is 1.15. The molecular weight excluding hydrogens is 476 g/mol. The second kappa shape index (κ2) is 8.81. The van der Waals surface area contributed by atoms with Gasteiger partial charge in [-0.1, -0.05) is 0 Å². The number of H-pyrrole nitrogens is 1. The van der Waals surface area contributed by atoms with Gasteiger partial charge in [-0.2, -0.15) is 10.4 Å². The fourth-order valence-corrected chi connectivity index (χ4v) is 4.95. The number of anilines is 1. The third kappa shape index (κ3) is 4.25. The van der Waals surface area contributed by atoms with Crippen LogP contribution < -0.4 is 9.46 Å². The van der Waals surface area contributed by atoms with Crippen molar-refractivity contribution in [1.29, 1.82) is 5.26 Å². The molecule has 1 aromatic carbocycles. The number of rotatable bonds is 7. The van der Waals surface area contributed by atoms with E-state index in [1.165, 1.54) is 36.9 Å². The minimum atomic E-state index is -3.92. The van der Waals surface area contributed by atoms with Crippen LogP contribution in [0.5, 0.6) is 11.5 Å². The first-order valence-corrected chi connectivity index (χ1v) is 12.1. The predicted octanol–water partition coefficient (Wildman–Crippen LogP) is 4.65. The highest BCUT2D eigenvalue weighted by atomic mass is 32.2. The molecule has 0 bridgehead atoms. The number of aromatic amines is 1. The monoisotopic (exact) mass is 490 g/mol. The number of nitriles is 1. The SMILES string of the molecule is N#Cc1cc(S(=O)(=O)Nc2nccs2)ccc1Oc1cnc(-c2cn[nH]c2)cc1-c1ccoc1. The number of thiazole rings is 1. The summed E-state index contributed by atoms with van der Waals surface area (Å²) in [6.07, 6.45) is 9.48. The van der Waals surface area contributed by atoms with Crippen LogP contribution in [0.25, 0.3) is 22.4 Å². The average Bonchev–Trinajstić information content (AvgIpc) is 3.63. The van der Waals surface area contributed by atoms with Gasteiger partial charge in [-0.15, -0.1) is 11.3 Å². The molecule has 0 unspecified atom stereocenters. The summed E-state index contributed by atoms with van der Waals surface area (Å²) in [5.41, 5.74) is 2.90. The molecule has 0 spiro atoms. The first-order valence-electron chi connectivity index (χ1n) is 9.69. The Bertz CT molecular complexity index is 1570. The Morgan fingerprint density at radius 1 is 1.12 bits per heavy atom. The van der Waals surface area contributed by atoms with Crippen LogP contribution in [0.4, 0.5) is 5.13 Å². The maximum Gasteiger partial charge on any atom is 0.263 e. The van der Waals surface area contributed by atoms with Crippen molar-refractivity contribution < 1.29 is 17.6 Å². The van der Waals surface area contributed by atoms with Crippen LogP contribution >= 0.6 is 11.3 Å². The number of benzene rings is 1. The normalized spacial score (nSPS) is 11.1. The molecule has 34 heavy (non-hydrogen) atoms. The van der Waals surface area contributed by atoms with E-state index in [1.807, 2.05) is 12.1 Å². The molecule has 0 aliphatic heterocycles. The molecule has 4 aromatic heterocycles. The maximum atomic E-state index is 12.7. The van der Waals surface area contributed by atoms with Gasteiger partial charge in [0.15, 0.2) is 10.9 Å². The van der Waals surface area contributed by atoms with Gasteiger partial charge in [0.1, 0.15) is 11.8 Å². The Morgan fingerprint density at radius 3 is 2.74 bits per heavy atom. The van der Waals surface area contributed by atoms with E-state index in [9.17, 15) is 13.7 Å². The van der Waals surface area contributed by atoms with Gasteiger partial charge >= 0.3 is 0 Å². The zero-order valence-electron chi connectivity index (χ0n) is 17.2. The first-order chi connectivity index (χ1) is 16.5. The van der Waals surface area contributed by atoms with Gasteiger partial charge in [-0.25, -0.2) is 13.4 Å². The molecule has 168 valence electrons. The Morgan fingerprint density at radius 2 is 2.03 bits per heavy atom. The number of sulfonamides is 1. The molecule has 10 nitrogen and oxygen atoms in total. The maximum absolute atomic E-state index is 12.7. The van der Waals surface area contributed by atoms with E-state index in [0.29, 0.717) is 17.0 Å². The molecule has 0 saturated heterocycles. The second-order valence-electron chi connectivity index (χ2n) is 6.88. The minimum absolute atomic E-state index is 0.0408. The van der Waals surface area contributed by atoms with Crippen LogP contribution in [-0.2, 0) is 10.0 Å². The first kappa shape index (κ1) is 21.4. The van der Waals surface area contributed by atoms with Gasteiger partial charge in [-0.05, 0) is 30.3 Å². The van der Waals surface area contributed by atoms with E-state index in [-0.39, 0.29) is 21.3 Å². The number of nitrogens with zero attached hydrogens (tertiary/aromatic N) is 4. The molecule has 2 N–H and O–H groups in total. The Labute approximate surface area is 197 Å². The number of nitrogens with one attached hydrogen (secondary N) is 2. The molecule has 0 radical (unpaired) electrons. The van der Waals surface area contributed by atoms with Crippen molar-refractivity contribution in [3.05, 3.63) is 78.6 Å². The molecule has 0 fully saturated rings. The van der Waals surface area contributed by atoms with E-state index in [0.717, 1.165) is 22.5 Å². The van der Waals surface area contributed by atoms with Gasteiger partial charge < -0.3 is 9.15 Å². The van der Waals surface area contributed by atoms with Gasteiger partial charge in [-0.3, -0.25) is 14.8 Å². The largest absolute Gasteiger partial charge is 0.472 e. The van der Waals surface area contributed by atoms with E-state index < -0.39 is 10.0 Å². The van der Waals surface area contributed by atoms with Crippen molar-refractivity contribution in [3.8, 4) is 40.0 Å². The number of pyridine rings is 1. The molecule has 5 aromatic rings. The van der Waals surface area contributed by atoms with Crippen molar-refractivity contribution in [3.63, 3.8) is 0 Å². The van der Waals surface area contributed by atoms with Crippen LogP contribution in [0.2, 0.25) is 0 Å². The predicted molar refractivity (Wildman–Crippen MR) is 124 cm³/mol. The van der Waals surface area contributed by atoms with Crippen molar-refractivity contribution in [1.82, 2.24) is 20.2 Å². The molecule has 5 rings (SSSR count). The van der Waals surface area contributed by atoms with Crippen LogP contribution in [0, 0.1) is 11.3 Å². The highest BCUT2D eigenvalue weighted by Gasteiger charge is 2.20. The lowest BCUT2D eigenvalue weighted by molar-refractivity contribution is 0.480. The zero-order valence-corrected chi connectivity index (χ0v) is 18.8. The van der Waals surface area contributed by atoms with Crippen LogP contribution in [0.3, 0.4) is 0 Å². The molecule has 0 aliphatic rings. The summed E-state index contributed by atoms with van der Waals surface area (Å²) in [5, 5.41) is 18.2. The highest BCUT2D eigenvalue weighted by molar-refractivity contribution is 7.93. The second-order valence-corrected chi connectivity index (χ2v) is 9.46. The van der Waals surface area contributed by atoms with Gasteiger partial charge in [0.2, 0.25) is 0 Å². The zero-order chi connectivity index (χ0) is 23.5. The molecule has 0 amide bonds. The van der Waals surface area contributed by atoms with Crippen molar-refractivity contribution in [2.45, 2.75) is 4.90 Å². The number of ether oxygens (including phenoxy) is 1. The fraction of sp³-hybridized carbons (Fsp3) is 0. The van der Waals surface area contributed by atoms with Crippen LogP contribution in [0.1, 0.15) is 5.56 Å². The van der Waals surface area contributed by atoms with E-state index in [1.54, 1.807) is 30.1 Å². The summed E-state index contributed by atoms with van der Waals surface area (Å²) in [6.45, 7) is 0. The van der Waals surface area contributed by atoms with Crippen LogP contribution in [0.15, 0.2) is 82.3 Å². The summed E-state index contributed by atoms with van der Waals surface area (Å²) < 4.78 is 39.0. The van der Waals surface area contributed by atoms with E-state index in [2.05, 4.69) is 24.9 Å². The van der Waals surface area contributed by atoms with Crippen molar-refractivity contribution in [2.75, 3.05) is 4.72 Å². The molecule has 0 aliphatic carbocycles. The molecule has 0 saturated carbocycles. The highest BCUT2D eigenvalue weighted by Crippen LogP contribution is 2.37. The van der Waals surface area contributed by atoms with Gasteiger partial charge in [0, 0.05) is 34.5 Å². The molecule has 12 heteroatoms. The number of aromatic nitrogens is 4. The fourth-order valence-electron chi connectivity index (χ4n) is 3.14. The van der Waals surface area contributed by atoms with Gasteiger partial charge in [0.25, 0.3) is 10.0 Å². The number of furan rings is 1. The Kier molecular flexibility index (Phi) is 5.54. The average molecular weight is 491 g/mol. The summed E-state index contributed by atoms with van der Waals surface area (Å²) in [5.74, 6) is 0.542. The summed E-state index contributed by atoms with van der Waals surface area (Å²) in [7, 11) is -3.92. The summed E-state index contributed by atoms with van der Waals surface area (Å²) in [4.78, 5) is 8.26. The lowest BCUT2D eigenvalue weighted by atomic mass is 10.1. The lowest BCUT2D eigenvalue weighted by Gasteiger charge is -2.13. The van der Waals surface area contributed by atoms with E-state index in [4.69, 9.17) is 9.15 Å². The molecular formula is C22H14N6O4S2. The Balaban J connectivity index is 1.50. The van der Waals surface area contributed by atoms with Crippen molar-refractivity contribution >= 4 is 26.5 Å². The van der Waals surface area contributed by atoms with Crippen molar-refractivity contribution in [2.24, 2.45) is 0 Å². The smallest absolute Gasteiger partial charge is 0.263 e. The standard InChI is InChI=1S/C22H14N6O4S2/c23-9-15-7-17(34(29,30)28-22-24-4-6-33-22)1-2-20(15)32-21-12-25-19(16-10-26-27-11-16)8-18(21)14-3-5-31-13-14/h1-8,10-13H,(H,24,28)(H,26,27).